The maximum absolute atomic E-state index is 12.9. The number of anilines is 2. The summed E-state index contributed by atoms with van der Waals surface area (Å²) in [5.41, 5.74) is 10.6. The molecule has 274 valence electrons. The third-order valence-corrected chi connectivity index (χ3v) is 7.44. The molecule has 0 unspecified atom stereocenters. The molecule has 1 amide bonds. The second-order valence-corrected chi connectivity index (χ2v) is 11.6. The Morgan fingerprint density at radius 3 is 1.70 bits per heavy atom. The Morgan fingerprint density at radius 1 is 0.667 bits per heavy atom. The molecule has 0 aliphatic carbocycles. The minimum atomic E-state index is -0.291. The SMILES string of the molecule is CCOc1cc(OCC)cc(C(=O)Nc2cccc(Oc3cc(-c4cnn(C)c4)ncn3)c2)c1.Cn1cc(-c2cc(Oc3cccc(N)c3)ncn2)cn1. The first-order valence-electron chi connectivity index (χ1n) is 16.9. The number of ether oxygens (including phenoxy) is 4. The average Bonchev–Trinajstić information content (AvgIpc) is 3.81. The van der Waals surface area contributed by atoms with Crippen molar-refractivity contribution in [3.8, 4) is 57.3 Å². The van der Waals surface area contributed by atoms with Gasteiger partial charge in [0.05, 0.1) is 37.0 Å². The molecule has 0 aliphatic rings. The van der Waals surface area contributed by atoms with Crippen LogP contribution in [-0.4, -0.2) is 58.6 Å². The van der Waals surface area contributed by atoms with Crippen molar-refractivity contribution in [1.82, 2.24) is 39.5 Å². The summed E-state index contributed by atoms with van der Waals surface area (Å²) in [5, 5.41) is 11.2. The number of amides is 1. The maximum Gasteiger partial charge on any atom is 0.255 e. The van der Waals surface area contributed by atoms with Crippen LogP contribution in [0, 0.1) is 0 Å². The van der Waals surface area contributed by atoms with Gasteiger partial charge in [-0.3, -0.25) is 14.2 Å². The molecule has 3 aromatic carbocycles. The van der Waals surface area contributed by atoms with Crippen LogP contribution >= 0.6 is 0 Å². The number of nitrogens with zero attached hydrogens (tertiary/aromatic N) is 8. The predicted octanol–water partition coefficient (Wildman–Crippen LogP) is 6.97. The fourth-order valence-corrected chi connectivity index (χ4v) is 5.08. The number of hydrogen-bond acceptors (Lipinski definition) is 12. The van der Waals surface area contributed by atoms with Crippen LogP contribution in [0.2, 0.25) is 0 Å². The number of carbonyl (C=O) groups is 1. The Hall–Kier alpha value is -7.29. The zero-order valence-electron chi connectivity index (χ0n) is 30.1. The van der Waals surface area contributed by atoms with E-state index in [1.807, 2.05) is 52.5 Å². The summed E-state index contributed by atoms with van der Waals surface area (Å²) >= 11 is 0. The minimum absolute atomic E-state index is 0.291. The fraction of sp³-hybridized carbons (Fsp3) is 0.154. The molecule has 0 aliphatic heterocycles. The van der Waals surface area contributed by atoms with Crippen molar-refractivity contribution in [2.75, 3.05) is 24.3 Å². The molecule has 0 bridgehead atoms. The van der Waals surface area contributed by atoms with Crippen LogP contribution in [-0.2, 0) is 14.1 Å². The molecule has 15 nitrogen and oxygen atoms in total. The summed E-state index contributed by atoms with van der Waals surface area (Å²) in [5.74, 6) is 2.85. The smallest absolute Gasteiger partial charge is 0.255 e. The molecule has 0 fully saturated rings. The summed E-state index contributed by atoms with van der Waals surface area (Å²) in [7, 11) is 3.70. The maximum atomic E-state index is 12.9. The first kappa shape index (κ1) is 36.5. The molecule has 7 rings (SSSR count). The average molecular weight is 727 g/mol. The van der Waals surface area contributed by atoms with Crippen molar-refractivity contribution < 1.29 is 23.7 Å². The fourth-order valence-electron chi connectivity index (χ4n) is 5.08. The molecule has 7 aromatic rings. The van der Waals surface area contributed by atoms with Crippen molar-refractivity contribution in [2.45, 2.75) is 13.8 Å². The summed E-state index contributed by atoms with van der Waals surface area (Å²) in [6, 6.07) is 22.9. The van der Waals surface area contributed by atoms with Crippen LogP contribution in [0.15, 0.2) is 116 Å². The number of carbonyl (C=O) groups excluding carboxylic acids is 1. The highest BCUT2D eigenvalue weighted by Gasteiger charge is 2.13. The highest BCUT2D eigenvalue weighted by atomic mass is 16.5. The van der Waals surface area contributed by atoms with Crippen molar-refractivity contribution in [3.63, 3.8) is 0 Å². The molecule has 0 saturated carbocycles. The number of nitrogens with one attached hydrogen (secondary N) is 1. The zero-order chi connectivity index (χ0) is 37.9. The van der Waals surface area contributed by atoms with Gasteiger partial charge >= 0.3 is 0 Å². The second-order valence-electron chi connectivity index (χ2n) is 11.6. The van der Waals surface area contributed by atoms with Crippen LogP contribution in [0.25, 0.3) is 22.5 Å². The minimum Gasteiger partial charge on any atom is -0.494 e. The van der Waals surface area contributed by atoms with E-state index >= 15 is 0 Å². The summed E-state index contributed by atoms with van der Waals surface area (Å²) < 4.78 is 26.1. The highest BCUT2D eigenvalue weighted by molar-refractivity contribution is 6.04. The van der Waals surface area contributed by atoms with Crippen molar-refractivity contribution in [3.05, 3.63) is 122 Å². The Labute approximate surface area is 311 Å². The molecular weight excluding hydrogens is 688 g/mol. The number of nitrogen functional groups attached to an aromatic ring is 1. The van der Waals surface area contributed by atoms with E-state index in [-0.39, 0.29) is 5.91 Å². The van der Waals surface area contributed by atoms with E-state index in [9.17, 15) is 4.79 Å². The number of nitrogens with two attached hydrogens (primary N) is 1. The molecule has 0 spiro atoms. The monoisotopic (exact) mass is 726 g/mol. The molecule has 4 aromatic heterocycles. The van der Waals surface area contributed by atoms with Gasteiger partial charge in [0, 0.05) is 84.9 Å². The number of rotatable bonds is 12. The number of aryl methyl sites for hydroxylation is 2. The number of aromatic nitrogens is 8. The van der Waals surface area contributed by atoms with Gasteiger partial charge in [-0.05, 0) is 50.2 Å². The highest BCUT2D eigenvalue weighted by Crippen LogP contribution is 2.28. The van der Waals surface area contributed by atoms with Gasteiger partial charge in [0.15, 0.2) is 0 Å². The van der Waals surface area contributed by atoms with Gasteiger partial charge in [-0.2, -0.15) is 10.2 Å². The first-order valence-corrected chi connectivity index (χ1v) is 16.9. The lowest BCUT2D eigenvalue weighted by Gasteiger charge is -2.12. The van der Waals surface area contributed by atoms with Crippen LogP contribution in [0.4, 0.5) is 11.4 Å². The third-order valence-electron chi connectivity index (χ3n) is 7.44. The largest absolute Gasteiger partial charge is 0.494 e. The Morgan fingerprint density at radius 2 is 1.20 bits per heavy atom. The van der Waals surface area contributed by atoms with E-state index in [1.165, 1.54) is 12.7 Å². The molecule has 15 heteroatoms. The number of benzene rings is 3. The summed E-state index contributed by atoms with van der Waals surface area (Å²) in [6.07, 6.45) is 10.1. The Bertz CT molecular complexity index is 2320. The summed E-state index contributed by atoms with van der Waals surface area (Å²) in [4.78, 5) is 29.7. The van der Waals surface area contributed by atoms with Gasteiger partial charge in [-0.1, -0.05) is 12.1 Å². The van der Waals surface area contributed by atoms with Crippen LogP contribution in [0.3, 0.4) is 0 Å². The second kappa shape index (κ2) is 17.3. The molecule has 0 saturated heterocycles. The van der Waals surface area contributed by atoms with Crippen LogP contribution in [0.1, 0.15) is 24.2 Å². The normalized spacial score (nSPS) is 10.5. The first-order chi connectivity index (χ1) is 26.2. The topological polar surface area (TPSA) is 179 Å². The van der Waals surface area contributed by atoms with Gasteiger partial charge in [0.25, 0.3) is 5.91 Å². The predicted molar refractivity (Wildman–Crippen MR) is 203 cm³/mol. The molecule has 4 heterocycles. The molecule has 0 radical (unpaired) electrons. The van der Waals surface area contributed by atoms with Gasteiger partial charge in [-0.25, -0.2) is 19.9 Å². The molecular formula is C39H38N10O5. The molecule has 3 N–H and O–H groups in total. The zero-order valence-corrected chi connectivity index (χ0v) is 30.1. The van der Waals surface area contributed by atoms with E-state index in [4.69, 9.17) is 24.7 Å². The lowest BCUT2D eigenvalue weighted by Crippen LogP contribution is -2.12. The lowest BCUT2D eigenvalue weighted by atomic mass is 10.1. The van der Waals surface area contributed by atoms with Crippen molar-refractivity contribution in [1.29, 1.82) is 0 Å². The Kier molecular flexibility index (Phi) is 11.7. The third kappa shape index (κ3) is 9.94. The van der Waals surface area contributed by atoms with E-state index in [0.717, 1.165) is 16.8 Å². The standard InChI is InChI=1S/C25H25N5O4.C14H13N5O/c1-4-32-21-9-17(10-22(12-21)33-5-2)25(31)29-19-7-6-8-20(11-19)34-24-13-23(26-16-27-24)18-14-28-30(3)15-18;1-19-8-10(7-18-19)13-6-14(17-9-16-13)20-12-4-2-3-11(15)5-12/h6-16H,4-5H2,1-3H3,(H,29,31);2-9H,15H2,1H3. The summed E-state index contributed by atoms with van der Waals surface area (Å²) in [6.45, 7) is 4.75. The lowest BCUT2D eigenvalue weighted by molar-refractivity contribution is 0.102. The van der Waals surface area contributed by atoms with Gasteiger partial charge in [0.1, 0.15) is 35.7 Å². The van der Waals surface area contributed by atoms with Gasteiger partial charge in [-0.15, -0.1) is 0 Å². The van der Waals surface area contributed by atoms with E-state index in [1.54, 1.807) is 88.5 Å². The van der Waals surface area contributed by atoms with E-state index < -0.39 is 0 Å². The quantitative estimate of drug-likeness (QED) is 0.124. The molecule has 0 atom stereocenters. The van der Waals surface area contributed by atoms with E-state index in [2.05, 4.69) is 35.5 Å². The van der Waals surface area contributed by atoms with E-state index in [0.29, 0.717) is 70.6 Å². The van der Waals surface area contributed by atoms with Gasteiger partial charge < -0.3 is 30.0 Å². The van der Waals surface area contributed by atoms with Crippen molar-refractivity contribution >= 4 is 17.3 Å². The van der Waals surface area contributed by atoms with Crippen LogP contribution in [0.5, 0.6) is 34.8 Å². The number of hydrogen-bond donors (Lipinski definition) is 2. The Balaban J connectivity index is 0.000000210. The molecule has 54 heavy (non-hydrogen) atoms. The van der Waals surface area contributed by atoms with Crippen molar-refractivity contribution in [2.24, 2.45) is 14.1 Å². The van der Waals surface area contributed by atoms with Gasteiger partial charge in [0.2, 0.25) is 11.8 Å². The van der Waals surface area contributed by atoms with Crippen LogP contribution < -0.4 is 30.0 Å².